The van der Waals surface area contributed by atoms with Crippen molar-refractivity contribution in [1.82, 2.24) is 0 Å². The summed E-state index contributed by atoms with van der Waals surface area (Å²) >= 11 is 13.3. The number of halogens is 3. The van der Waals surface area contributed by atoms with Crippen molar-refractivity contribution in [3.05, 3.63) is 61.0 Å². The van der Waals surface area contributed by atoms with E-state index in [1.165, 1.54) is 5.56 Å². The first-order valence-electron chi connectivity index (χ1n) is 6.22. The summed E-state index contributed by atoms with van der Waals surface area (Å²) < 4.78 is 7.71. The van der Waals surface area contributed by atoms with Gasteiger partial charge in [-0.3, -0.25) is 0 Å². The summed E-state index contributed by atoms with van der Waals surface area (Å²) in [7, 11) is 0. The van der Waals surface area contributed by atoms with Gasteiger partial charge in [0.2, 0.25) is 0 Å². The number of hydrogen-bond donors (Lipinski definition) is 1. The lowest BCUT2D eigenvalue weighted by Crippen LogP contribution is -2.13. The molecule has 0 fully saturated rings. The molecule has 0 aromatic heterocycles. The van der Waals surface area contributed by atoms with Crippen LogP contribution >= 0.6 is 43.5 Å². The zero-order valence-electron chi connectivity index (χ0n) is 10.5. The Hall–Kier alpha value is -0.550. The average molecular weight is 418 g/mol. The maximum absolute atomic E-state index is 6.42. The van der Waals surface area contributed by atoms with Crippen molar-refractivity contribution in [2.24, 2.45) is 5.73 Å². The number of nitrogens with two attached hydrogens (primary N) is 1. The summed E-state index contributed by atoms with van der Waals surface area (Å²) in [6.07, 6.45) is 0.917. The van der Waals surface area contributed by atoms with Crippen molar-refractivity contribution < 1.29 is 4.74 Å². The van der Waals surface area contributed by atoms with E-state index in [0.717, 1.165) is 32.2 Å². The van der Waals surface area contributed by atoms with E-state index < -0.39 is 0 Å². The largest absolute Gasteiger partial charge is 0.493 e. The number of fused-ring (bicyclic) bond motifs is 1. The highest BCUT2D eigenvalue weighted by Gasteiger charge is 2.23. The van der Waals surface area contributed by atoms with E-state index in [9.17, 15) is 0 Å². The summed E-state index contributed by atoms with van der Waals surface area (Å²) in [5.41, 5.74) is 9.46. The summed E-state index contributed by atoms with van der Waals surface area (Å²) in [6, 6.07) is 9.48. The molecule has 5 heteroatoms. The zero-order valence-corrected chi connectivity index (χ0v) is 14.4. The van der Waals surface area contributed by atoms with Gasteiger partial charge in [-0.15, -0.1) is 0 Å². The Morgan fingerprint density at radius 3 is 2.65 bits per heavy atom. The summed E-state index contributed by atoms with van der Waals surface area (Å²) in [6.45, 7) is 0.706. The Kier molecular flexibility index (Phi) is 4.09. The van der Waals surface area contributed by atoms with Crippen molar-refractivity contribution in [2.45, 2.75) is 12.5 Å². The van der Waals surface area contributed by atoms with Gasteiger partial charge >= 0.3 is 0 Å². The molecule has 104 valence electrons. The van der Waals surface area contributed by atoms with Gasteiger partial charge in [-0.1, -0.05) is 43.5 Å². The SMILES string of the molecule is NC(c1cc(Br)ccc1Cl)c1cc(Br)cc2c1OCC2. The van der Waals surface area contributed by atoms with Gasteiger partial charge in [0.25, 0.3) is 0 Å². The van der Waals surface area contributed by atoms with Crippen molar-refractivity contribution in [2.75, 3.05) is 6.61 Å². The molecule has 1 atom stereocenters. The minimum absolute atomic E-state index is 0.315. The maximum Gasteiger partial charge on any atom is 0.127 e. The molecule has 0 bridgehead atoms. The predicted octanol–water partition coefficient (Wildman–Crippen LogP) is 4.85. The lowest BCUT2D eigenvalue weighted by atomic mass is 9.96. The predicted molar refractivity (Wildman–Crippen MR) is 88.5 cm³/mol. The van der Waals surface area contributed by atoms with E-state index in [2.05, 4.69) is 37.9 Å². The normalized spacial score (nSPS) is 14.8. The molecule has 20 heavy (non-hydrogen) atoms. The Labute approximate surface area is 139 Å². The number of ether oxygens (including phenoxy) is 1. The smallest absolute Gasteiger partial charge is 0.127 e. The van der Waals surface area contributed by atoms with Gasteiger partial charge in [-0.2, -0.15) is 0 Å². The lowest BCUT2D eigenvalue weighted by molar-refractivity contribution is 0.352. The first-order valence-corrected chi connectivity index (χ1v) is 8.18. The molecule has 0 amide bonds. The first-order chi connectivity index (χ1) is 9.56. The van der Waals surface area contributed by atoms with Crippen molar-refractivity contribution >= 4 is 43.5 Å². The van der Waals surface area contributed by atoms with Crippen LogP contribution in [-0.2, 0) is 6.42 Å². The first kappa shape index (κ1) is 14.4. The molecule has 2 aromatic rings. The van der Waals surface area contributed by atoms with E-state index in [-0.39, 0.29) is 6.04 Å². The standard InChI is InChI=1S/C15H12Br2ClNO/c16-9-1-2-13(18)11(6-9)14(19)12-7-10(17)5-8-3-4-20-15(8)12/h1-2,5-7,14H,3-4,19H2. The van der Waals surface area contributed by atoms with E-state index in [0.29, 0.717) is 11.6 Å². The molecule has 0 aliphatic carbocycles. The van der Waals surface area contributed by atoms with Crippen LogP contribution in [-0.4, -0.2) is 6.61 Å². The number of benzene rings is 2. The quantitative estimate of drug-likeness (QED) is 0.758. The van der Waals surface area contributed by atoms with Crippen LogP contribution in [0.1, 0.15) is 22.7 Å². The maximum atomic E-state index is 6.42. The summed E-state index contributed by atoms with van der Waals surface area (Å²) in [5.74, 6) is 0.900. The topological polar surface area (TPSA) is 35.2 Å². The Morgan fingerprint density at radius 2 is 1.85 bits per heavy atom. The fraction of sp³-hybridized carbons (Fsp3) is 0.200. The van der Waals surface area contributed by atoms with Gasteiger partial charge < -0.3 is 10.5 Å². The third-order valence-electron chi connectivity index (χ3n) is 3.41. The Morgan fingerprint density at radius 1 is 1.10 bits per heavy atom. The fourth-order valence-electron chi connectivity index (χ4n) is 2.45. The minimum atomic E-state index is -0.315. The lowest BCUT2D eigenvalue weighted by Gasteiger charge is -2.18. The Bertz CT molecular complexity index is 675. The molecule has 2 aromatic carbocycles. The molecule has 0 saturated carbocycles. The second-order valence-corrected chi connectivity index (χ2v) is 6.96. The summed E-state index contributed by atoms with van der Waals surface area (Å²) in [5, 5.41) is 0.660. The molecular formula is C15H12Br2ClNO. The third kappa shape index (κ3) is 2.62. The molecule has 1 unspecified atom stereocenters. The molecule has 2 N–H and O–H groups in total. The monoisotopic (exact) mass is 415 g/mol. The van der Waals surface area contributed by atoms with Gasteiger partial charge in [-0.05, 0) is 41.5 Å². The van der Waals surface area contributed by atoms with Gasteiger partial charge in [0.1, 0.15) is 5.75 Å². The molecular weight excluding hydrogens is 405 g/mol. The van der Waals surface area contributed by atoms with Crippen molar-refractivity contribution in [1.29, 1.82) is 0 Å². The van der Waals surface area contributed by atoms with Gasteiger partial charge in [0.05, 0.1) is 12.6 Å². The van der Waals surface area contributed by atoms with E-state index in [4.69, 9.17) is 22.1 Å². The van der Waals surface area contributed by atoms with Crippen LogP contribution in [0.25, 0.3) is 0 Å². The number of rotatable bonds is 2. The highest BCUT2D eigenvalue weighted by atomic mass is 79.9. The second kappa shape index (κ2) is 5.68. The molecule has 0 saturated heterocycles. The molecule has 1 heterocycles. The van der Waals surface area contributed by atoms with Crippen molar-refractivity contribution in [3.63, 3.8) is 0 Å². The minimum Gasteiger partial charge on any atom is -0.493 e. The molecule has 2 nitrogen and oxygen atoms in total. The van der Waals surface area contributed by atoms with Crippen LogP contribution in [0.2, 0.25) is 5.02 Å². The van der Waals surface area contributed by atoms with Gasteiger partial charge in [-0.25, -0.2) is 0 Å². The third-order valence-corrected chi connectivity index (χ3v) is 4.70. The van der Waals surface area contributed by atoms with Crippen LogP contribution in [0.4, 0.5) is 0 Å². The molecule has 0 radical (unpaired) electrons. The highest BCUT2D eigenvalue weighted by molar-refractivity contribution is 9.10. The van der Waals surface area contributed by atoms with Gasteiger partial charge in [0, 0.05) is 26.0 Å². The molecule has 0 spiro atoms. The average Bonchev–Trinajstić information content (AvgIpc) is 2.87. The van der Waals surface area contributed by atoms with E-state index >= 15 is 0 Å². The molecule has 1 aliphatic rings. The van der Waals surface area contributed by atoms with Crippen LogP contribution in [0, 0.1) is 0 Å². The Balaban J connectivity index is 2.11. The van der Waals surface area contributed by atoms with Crippen molar-refractivity contribution in [3.8, 4) is 5.75 Å². The number of hydrogen-bond acceptors (Lipinski definition) is 2. The molecule has 1 aliphatic heterocycles. The van der Waals surface area contributed by atoms with E-state index in [1.54, 1.807) is 0 Å². The highest BCUT2D eigenvalue weighted by Crippen LogP contribution is 2.39. The fourth-order valence-corrected chi connectivity index (χ4v) is 3.59. The zero-order chi connectivity index (χ0) is 14.3. The van der Waals surface area contributed by atoms with Gasteiger partial charge in [0.15, 0.2) is 0 Å². The van der Waals surface area contributed by atoms with E-state index in [1.807, 2.05) is 24.3 Å². The van der Waals surface area contributed by atoms with Crippen LogP contribution < -0.4 is 10.5 Å². The van der Waals surface area contributed by atoms with Crippen LogP contribution in [0.15, 0.2) is 39.3 Å². The van der Waals surface area contributed by atoms with Crippen LogP contribution in [0.3, 0.4) is 0 Å². The summed E-state index contributed by atoms with van der Waals surface area (Å²) in [4.78, 5) is 0. The van der Waals surface area contributed by atoms with Crippen LogP contribution in [0.5, 0.6) is 5.75 Å². The molecule has 3 rings (SSSR count). The second-order valence-electron chi connectivity index (χ2n) is 4.73.